The molecule has 0 aliphatic rings. The molecule has 0 aliphatic carbocycles. The Labute approximate surface area is 284 Å². The molecule has 0 unspecified atom stereocenters. The number of aromatic nitrogens is 2. The largest absolute Gasteiger partial charge is 0.309 e. The van der Waals surface area contributed by atoms with E-state index in [4.69, 9.17) is 4.98 Å². The van der Waals surface area contributed by atoms with E-state index in [1.54, 1.807) is 0 Å². The number of benzene rings is 6. The molecule has 7 rings (SSSR count). The summed E-state index contributed by atoms with van der Waals surface area (Å²) in [6.45, 7) is 13.2. The summed E-state index contributed by atoms with van der Waals surface area (Å²) in [6.07, 6.45) is 1.85. The van der Waals surface area contributed by atoms with E-state index in [-0.39, 0.29) is 0 Å². The first-order chi connectivity index (χ1) is 23.3. The van der Waals surface area contributed by atoms with E-state index in [1.807, 2.05) is 30.5 Å². The van der Waals surface area contributed by atoms with Gasteiger partial charge in [0.1, 0.15) is 5.82 Å². The first-order valence-corrected chi connectivity index (χ1v) is 16.5. The van der Waals surface area contributed by atoms with Gasteiger partial charge in [0.15, 0.2) is 5.82 Å². The zero-order valence-electron chi connectivity index (χ0n) is 28.5. The lowest BCUT2D eigenvalue weighted by Gasteiger charge is -2.32. The molecule has 0 spiro atoms. The second-order valence-electron chi connectivity index (χ2n) is 12.8. The molecule has 0 aliphatic heterocycles. The van der Waals surface area contributed by atoms with Gasteiger partial charge in [0.25, 0.3) is 0 Å². The van der Waals surface area contributed by atoms with Crippen LogP contribution in [0.15, 0.2) is 134 Å². The fourth-order valence-corrected chi connectivity index (χ4v) is 7.17. The summed E-state index contributed by atoms with van der Waals surface area (Å²) in [5, 5.41) is 2.33. The van der Waals surface area contributed by atoms with Crippen LogP contribution in [0.4, 0.5) is 34.3 Å². The van der Waals surface area contributed by atoms with Gasteiger partial charge in [-0.1, -0.05) is 102 Å². The second kappa shape index (κ2) is 12.8. The van der Waals surface area contributed by atoms with Crippen LogP contribution in [0.3, 0.4) is 0 Å². The van der Waals surface area contributed by atoms with E-state index >= 15 is 0 Å². The minimum atomic E-state index is 0.691. The number of aryl methyl sites for hydroxylation is 6. The van der Waals surface area contributed by atoms with Crippen molar-refractivity contribution in [3.63, 3.8) is 0 Å². The molecular weight excluding hydrogens is 585 g/mol. The maximum absolute atomic E-state index is 5.12. The molecule has 236 valence electrons. The zero-order valence-corrected chi connectivity index (χ0v) is 28.5. The van der Waals surface area contributed by atoms with Gasteiger partial charge in [-0.15, -0.1) is 0 Å². The summed E-state index contributed by atoms with van der Waals surface area (Å²) in [6, 6.07) is 45.2. The highest BCUT2D eigenvalue weighted by Crippen LogP contribution is 2.44. The van der Waals surface area contributed by atoms with Gasteiger partial charge in [0.05, 0.1) is 17.1 Å². The Morgan fingerprint density at radius 3 is 1.60 bits per heavy atom. The summed E-state index contributed by atoms with van der Waals surface area (Å²) < 4.78 is 0. The van der Waals surface area contributed by atoms with Crippen molar-refractivity contribution in [1.82, 2.24) is 9.97 Å². The average Bonchev–Trinajstić information content (AvgIpc) is 3.08. The van der Waals surface area contributed by atoms with Crippen LogP contribution in [0.1, 0.15) is 33.4 Å². The minimum absolute atomic E-state index is 0.691. The molecule has 0 saturated carbocycles. The molecule has 1 aromatic heterocycles. The maximum atomic E-state index is 5.12. The Hall–Kier alpha value is -5.74. The Bertz CT molecular complexity index is 2150. The van der Waals surface area contributed by atoms with E-state index in [9.17, 15) is 0 Å². The summed E-state index contributed by atoms with van der Waals surface area (Å²) in [5.74, 6) is 1.50. The van der Waals surface area contributed by atoms with Crippen LogP contribution < -0.4 is 9.80 Å². The molecule has 0 radical (unpaired) electrons. The van der Waals surface area contributed by atoms with Gasteiger partial charge in [0.2, 0.25) is 0 Å². The zero-order chi connectivity index (χ0) is 33.4. The van der Waals surface area contributed by atoms with Crippen LogP contribution in [0.2, 0.25) is 0 Å². The third kappa shape index (κ3) is 5.82. The number of anilines is 6. The summed E-state index contributed by atoms with van der Waals surface area (Å²) in [5.41, 5.74) is 14.2. The predicted molar refractivity (Wildman–Crippen MR) is 203 cm³/mol. The van der Waals surface area contributed by atoms with Crippen LogP contribution in [0, 0.1) is 41.5 Å². The standard InChI is InChI=1S/C44H40N4/c1-29-25-31(3)42(32(4)26-29)48(43-33(5)27-30(2)28-34(43)6)38-21-19-37(20-22-38)47(40-18-12-16-35-13-10-11-17-39(35)40)41-23-24-45-44(46-41)36-14-8-7-9-15-36/h7-28H,1-6H3. The van der Waals surface area contributed by atoms with E-state index < -0.39 is 0 Å². The fourth-order valence-electron chi connectivity index (χ4n) is 7.17. The molecule has 0 atom stereocenters. The van der Waals surface area contributed by atoms with Crippen LogP contribution in [0.5, 0.6) is 0 Å². The molecule has 1 heterocycles. The topological polar surface area (TPSA) is 32.3 Å². The smallest absolute Gasteiger partial charge is 0.161 e. The lowest BCUT2D eigenvalue weighted by Crippen LogP contribution is -2.16. The van der Waals surface area contributed by atoms with E-state index in [0.29, 0.717) is 5.82 Å². The van der Waals surface area contributed by atoms with Crippen molar-refractivity contribution in [3.05, 3.63) is 167 Å². The first-order valence-electron chi connectivity index (χ1n) is 16.5. The highest BCUT2D eigenvalue weighted by Gasteiger charge is 2.23. The Morgan fingerprint density at radius 1 is 0.479 bits per heavy atom. The number of nitrogens with zero attached hydrogens (tertiary/aromatic N) is 4. The number of hydrogen-bond acceptors (Lipinski definition) is 4. The van der Waals surface area contributed by atoms with Crippen molar-refractivity contribution in [3.8, 4) is 11.4 Å². The molecule has 4 heteroatoms. The predicted octanol–water partition coefficient (Wildman–Crippen LogP) is 12.1. The Kier molecular flexibility index (Phi) is 8.24. The Morgan fingerprint density at radius 2 is 1.00 bits per heavy atom. The van der Waals surface area contributed by atoms with Gasteiger partial charge in [-0.05, 0) is 106 Å². The third-order valence-electron chi connectivity index (χ3n) is 8.99. The second-order valence-corrected chi connectivity index (χ2v) is 12.8. The molecule has 7 aromatic rings. The Balaban J connectivity index is 1.42. The lowest BCUT2D eigenvalue weighted by atomic mass is 9.98. The van der Waals surface area contributed by atoms with Crippen molar-refractivity contribution >= 4 is 45.0 Å². The normalized spacial score (nSPS) is 11.1. The van der Waals surface area contributed by atoms with Crippen molar-refractivity contribution in [2.75, 3.05) is 9.80 Å². The summed E-state index contributed by atoms with van der Waals surface area (Å²) >= 11 is 0. The lowest BCUT2D eigenvalue weighted by molar-refractivity contribution is 1.12. The van der Waals surface area contributed by atoms with Gasteiger partial charge in [-0.25, -0.2) is 9.97 Å². The minimum Gasteiger partial charge on any atom is -0.309 e. The maximum Gasteiger partial charge on any atom is 0.161 e. The highest BCUT2D eigenvalue weighted by atomic mass is 15.2. The fraction of sp³-hybridized carbons (Fsp3) is 0.136. The molecular formula is C44H40N4. The van der Waals surface area contributed by atoms with Crippen LogP contribution in [0.25, 0.3) is 22.2 Å². The van der Waals surface area contributed by atoms with E-state index in [0.717, 1.165) is 33.8 Å². The SMILES string of the molecule is Cc1cc(C)c(N(c2ccc(N(c3ccnc(-c4ccccc4)n3)c3cccc4ccccc34)cc2)c2c(C)cc(C)cc2C)c(C)c1. The number of hydrogen-bond donors (Lipinski definition) is 0. The van der Waals surface area contributed by atoms with Gasteiger partial charge in [-0.2, -0.15) is 0 Å². The van der Waals surface area contributed by atoms with Crippen molar-refractivity contribution in [2.24, 2.45) is 0 Å². The summed E-state index contributed by atoms with van der Waals surface area (Å²) in [7, 11) is 0. The van der Waals surface area contributed by atoms with Crippen LogP contribution in [-0.2, 0) is 0 Å². The van der Waals surface area contributed by atoms with Gasteiger partial charge >= 0.3 is 0 Å². The first kappa shape index (κ1) is 30.9. The van der Waals surface area contributed by atoms with Gasteiger partial charge in [0, 0.05) is 28.5 Å². The number of rotatable bonds is 7. The van der Waals surface area contributed by atoms with Crippen LogP contribution in [-0.4, -0.2) is 9.97 Å². The highest BCUT2D eigenvalue weighted by molar-refractivity contribution is 5.98. The number of fused-ring (bicyclic) bond motifs is 1. The molecule has 0 saturated heterocycles. The molecule has 48 heavy (non-hydrogen) atoms. The molecule has 6 aromatic carbocycles. The van der Waals surface area contributed by atoms with Gasteiger partial charge < -0.3 is 4.90 Å². The van der Waals surface area contributed by atoms with Gasteiger partial charge in [-0.3, -0.25) is 4.90 Å². The quantitative estimate of drug-likeness (QED) is 0.177. The average molecular weight is 625 g/mol. The summed E-state index contributed by atoms with van der Waals surface area (Å²) in [4.78, 5) is 14.5. The molecule has 4 nitrogen and oxygen atoms in total. The van der Waals surface area contributed by atoms with Crippen molar-refractivity contribution in [1.29, 1.82) is 0 Å². The third-order valence-corrected chi connectivity index (χ3v) is 8.99. The van der Waals surface area contributed by atoms with E-state index in [1.165, 1.54) is 50.1 Å². The van der Waals surface area contributed by atoms with Crippen molar-refractivity contribution in [2.45, 2.75) is 41.5 Å². The molecule has 0 bridgehead atoms. The molecule has 0 fully saturated rings. The van der Waals surface area contributed by atoms with Crippen molar-refractivity contribution < 1.29 is 0 Å². The van der Waals surface area contributed by atoms with Crippen LogP contribution >= 0.6 is 0 Å². The molecule has 0 amide bonds. The molecule has 0 N–H and O–H groups in total. The van der Waals surface area contributed by atoms with E-state index in [2.05, 4.69) is 159 Å². The monoisotopic (exact) mass is 624 g/mol.